The third-order valence-electron chi connectivity index (χ3n) is 7.17. The highest BCUT2D eigenvalue weighted by Crippen LogP contribution is 2.30. The monoisotopic (exact) mass is 380 g/mol. The third kappa shape index (κ3) is 8.03. The lowest BCUT2D eigenvalue weighted by molar-refractivity contribution is -0.0321. The number of ether oxygens (including phenoxy) is 1. The number of nitrogens with zero attached hydrogens (tertiary/aromatic N) is 2. The van der Waals surface area contributed by atoms with Crippen LogP contribution in [0.1, 0.15) is 98.8 Å². The molecule has 2 fully saturated rings. The van der Waals surface area contributed by atoms with Crippen LogP contribution in [0.5, 0.6) is 0 Å². The fourth-order valence-electron chi connectivity index (χ4n) is 5.27. The predicted octanol–water partition coefficient (Wildman–Crippen LogP) is 5.73. The van der Waals surface area contributed by atoms with Crippen molar-refractivity contribution in [3.63, 3.8) is 0 Å². The van der Waals surface area contributed by atoms with Crippen LogP contribution < -0.4 is 0 Å². The lowest BCUT2D eigenvalue weighted by Crippen LogP contribution is -2.54. The normalized spacial score (nSPS) is 30.3. The summed E-state index contributed by atoms with van der Waals surface area (Å²) in [6, 6.07) is 1.46. The van der Waals surface area contributed by atoms with Crippen molar-refractivity contribution in [1.82, 2.24) is 9.80 Å². The molecule has 3 heteroatoms. The summed E-state index contributed by atoms with van der Waals surface area (Å²) in [6.07, 6.45) is 14.4. The molecule has 0 aromatic rings. The van der Waals surface area contributed by atoms with E-state index in [-0.39, 0.29) is 0 Å². The summed E-state index contributed by atoms with van der Waals surface area (Å²) in [5.41, 5.74) is 0. The molecule has 1 aliphatic heterocycles. The predicted molar refractivity (Wildman–Crippen MR) is 117 cm³/mol. The Hall–Kier alpha value is -0.120. The smallest absolute Gasteiger partial charge is 0.0579 e. The number of piperazine rings is 1. The van der Waals surface area contributed by atoms with Gasteiger partial charge in [0.05, 0.1) is 12.2 Å². The molecule has 0 aromatic heterocycles. The van der Waals surface area contributed by atoms with Gasteiger partial charge in [-0.1, -0.05) is 33.1 Å². The molecule has 0 N–H and O–H groups in total. The average molecular weight is 381 g/mol. The Balaban J connectivity index is 1.53. The summed E-state index contributed by atoms with van der Waals surface area (Å²) in [7, 11) is 0. The Labute approximate surface area is 170 Å². The van der Waals surface area contributed by atoms with E-state index in [1.54, 1.807) is 0 Å². The zero-order valence-corrected chi connectivity index (χ0v) is 19.1. The van der Waals surface area contributed by atoms with Gasteiger partial charge in [-0.2, -0.15) is 0 Å². The summed E-state index contributed by atoms with van der Waals surface area (Å²) in [5.74, 6) is 0.965. The minimum Gasteiger partial charge on any atom is -0.375 e. The molecule has 160 valence electrons. The molecule has 3 nitrogen and oxygen atoms in total. The molecule has 0 amide bonds. The lowest BCUT2D eigenvalue weighted by atomic mass is 9.84. The highest BCUT2D eigenvalue weighted by molar-refractivity contribution is 4.82. The van der Waals surface area contributed by atoms with Crippen LogP contribution in [0.4, 0.5) is 0 Å². The minimum atomic E-state index is 0.458. The SMILES string of the molecule is CCCC(C)O[C@H]1CC[C@H](CCCCN2CCN(C(C)CC)[C@H](C)C2)CC1. The number of unbranched alkanes of at least 4 members (excludes halogenated alkanes) is 1. The summed E-state index contributed by atoms with van der Waals surface area (Å²) >= 11 is 0. The van der Waals surface area contributed by atoms with E-state index >= 15 is 0 Å². The van der Waals surface area contributed by atoms with Crippen molar-refractivity contribution < 1.29 is 4.74 Å². The van der Waals surface area contributed by atoms with Crippen LogP contribution in [0.2, 0.25) is 0 Å². The van der Waals surface area contributed by atoms with E-state index in [0.29, 0.717) is 12.2 Å². The van der Waals surface area contributed by atoms with Crippen LogP contribution in [0.25, 0.3) is 0 Å². The van der Waals surface area contributed by atoms with Gasteiger partial charge in [-0.05, 0) is 78.2 Å². The molecule has 1 heterocycles. The van der Waals surface area contributed by atoms with Gasteiger partial charge in [0.15, 0.2) is 0 Å². The van der Waals surface area contributed by atoms with E-state index in [0.717, 1.165) is 18.0 Å². The summed E-state index contributed by atoms with van der Waals surface area (Å²) in [4.78, 5) is 5.42. The molecule has 1 aliphatic carbocycles. The largest absolute Gasteiger partial charge is 0.375 e. The Morgan fingerprint density at radius 3 is 2.37 bits per heavy atom. The first-order chi connectivity index (χ1) is 13.0. The molecule has 1 saturated heterocycles. The van der Waals surface area contributed by atoms with Crippen LogP contribution in [0.3, 0.4) is 0 Å². The Bertz CT molecular complexity index is 381. The molecular formula is C24H48N2O. The van der Waals surface area contributed by atoms with Crippen molar-refractivity contribution in [3.05, 3.63) is 0 Å². The molecule has 0 radical (unpaired) electrons. The van der Waals surface area contributed by atoms with Crippen molar-refractivity contribution in [2.45, 2.75) is 123 Å². The molecule has 3 atom stereocenters. The maximum absolute atomic E-state index is 6.22. The van der Waals surface area contributed by atoms with Gasteiger partial charge in [-0.15, -0.1) is 0 Å². The molecular weight excluding hydrogens is 332 g/mol. The van der Waals surface area contributed by atoms with Gasteiger partial charge in [-0.25, -0.2) is 0 Å². The molecule has 2 aliphatic rings. The second-order valence-corrected chi connectivity index (χ2v) is 9.52. The van der Waals surface area contributed by atoms with Gasteiger partial charge >= 0.3 is 0 Å². The van der Waals surface area contributed by atoms with E-state index in [4.69, 9.17) is 4.74 Å². The number of rotatable bonds is 11. The summed E-state index contributed by atoms with van der Waals surface area (Å²) in [6.45, 7) is 16.7. The molecule has 0 bridgehead atoms. The highest BCUT2D eigenvalue weighted by atomic mass is 16.5. The molecule has 1 saturated carbocycles. The van der Waals surface area contributed by atoms with Crippen molar-refractivity contribution >= 4 is 0 Å². The summed E-state index contributed by atoms with van der Waals surface area (Å²) < 4.78 is 6.22. The first-order valence-electron chi connectivity index (χ1n) is 12.2. The molecule has 0 aromatic carbocycles. The minimum absolute atomic E-state index is 0.458. The zero-order valence-electron chi connectivity index (χ0n) is 19.1. The van der Waals surface area contributed by atoms with E-state index in [1.165, 1.54) is 90.4 Å². The van der Waals surface area contributed by atoms with Crippen molar-refractivity contribution in [2.75, 3.05) is 26.2 Å². The van der Waals surface area contributed by atoms with Gasteiger partial charge in [-0.3, -0.25) is 4.90 Å². The van der Waals surface area contributed by atoms with Gasteiger partial charge < -0.3 is 9.64 Å². The maximum atomic E-state index is 6.22. The van der Waals surface area contributed by atoms with Gasteiger partial charge in [0.25, 0.3) is 0 Å². The van der Waals surface area contributed by atoms with E-state index < -0.39 is 0 Å². The third-order valence-corrected chi connectivity index (χ3v) is 7.17. The van der Waals surface area contributed by atoms with Crippen LogP contribution in [0.15, 0.2) is 0 Å². The fourth-order valence-corrected chi connectivity index (χ4v) is 5.27. The average Bonchev–Trinajstić information content (AvgIpc) is 2.66. The van der Waals surface area contributed by atoms with E-state index in [1.807, 2.05) is 0 Å². The van der Waals surface area contributed by atoms with Crippen molar-refractivity contribution in [1.29, 1.82) is 0 Å². The molecule has 2 unspecified atom stereocenters. The maximum Gasteiger partial charge on any atom is 0.0579 e. The van der Waals surface area contributed by atoms with Gasteiger partial charge in [0.1, 0.15) is 0 Å². The quantitative estimate of drug-likeness (QED) is 0.426. The van der Waals surface area contributed by atoms with Crippen LogP contribution >= 0.6 is 0 Å². The van der Waals surface area contributed by atoms with E-state index in [2.05, 4.69) is 44.4 Å². The van der Waals surface area contributed by atoms with E-state index in [9.17, 15) is 0 Å². The van der Waals surface area contributed by atoms with Crippen molar-refractivity contribution in [3.8, 4) is 0 Å². The van der Waals surface area contributed by atoms with Crippen LogP contribution in [-0.4, -0.2) is 60.3 Å². The molecule has 27 heavy (non-hydrogen) atoms. The van der Waals surface area contributed by atoms with Crippen LogP contribution in [-0.2, 0) is 4.74 Å². The van der Waals surface area contributed by atoms with Gasteiger partial charge in [0.2, 0.25) is 0 Å². The Kier molecular flexibility index (Phi) is 10.7. The Morgan fingerprint density at radius 2 is 1.74 bits per heavy atom. The Morgan fingerprint density at radius 1 is 1.00 bits per heavy atom. The van der Waals surface area contributed by atoms with Crippen molar-refractivity contribution in [2.24, 2.45) is 5.92 Å². The van der Waals surface area contributed by atoms with Crippen LogP contribution in [0, 0.1) is 5.92 Å². The first kappa shape index (κ1) is 23.2. The second-order valence-electron chi connectivity index (χ2n) is 9.52. The lowest BCUT2D eigenvalue weighted by Gasteiger charge is -2.43. The molecule has 0 spiro atoms. The summed E-state index contributed by atoms with van der Waals surface area (Å²) in [5, 5.41) is 0. The topological polar surface area (TPSA) is 15.7 Å². The fraction of sp³-hybridized carbons (Fsp3) is 1.00. The molecule has 2 rings (SSSR count). The number of hydrogen-bond acceptors (Lipinski definition) is 3. The van der Waals surface area contributed by atoms with Gasteiger partial charge in [0, 0.05) is 31.7 Å². The first-order valence-corrected chi connectivity index (χ1v) is 12.2. The second kappa shape index (κ2) is 12.4. The zero-order chi connectivity index (χ0) is 19.6. The number of hydrogen-bond donors (Lipinski definition) is 0. The standard InChI is InChI=1S/C24H48N2O/c1-6-10-22(5)27-24-14-12-23(13-15-24)11-8-9-16-25-17-18-26(20(3)7-2)21(4)19-25/h20-24H,6-19H2,1-5H3/t20?,21-,22?,23-,24-/m1/s1. The highest BCUT2D eigenvalue weighted by Gasteiger charge is 2.26.